The molecule has 0 unspecified atom stereocenters. The number of hydrogen-bond donors (Lipinski definition) is 1. The Morgan fingerprint density at radius 3 is 2.74 bits per heavy atom. The van der Waals surface area contributed by atoms with E-state index < -0.39 is 0 Å². The molecule has 0 aromatic heterocycles. The van der Waals surface area contributed by atoms with Crippen molar-refractivity contribution in [2.24, 2.45) is 0 Å². The van der Waals surface area contributed by atoms with E-state index in [1.54, 1.807) is 6.07 Å². The molecule has 1 aromatic rings. The lowest BCUT2D eigenvalue weighted by Gasteiger charge is -2.27. The number of amides is 1. The van der Waals surface area contributed by atoms with Crippen LogP contribution in [0.15, 0.2) is 18.2 Å². The fourth-order valence-corrected chi connectivity index (χ4v) is 4.12. The van der Waals surface area contributed by atoms with Crippen LogP contribution >= 0.6 is 34.4 Å². The summed E-state index contributed by atoms with van der Waals surface area (Å²) in [5.74, 6) is -0.415. The molecule has 1 aliphatic rings. The van der Waals surface area contributed by atoms with Gasteiger partial charge in [-0.15, -0.1) is 0 Å². The summed E-state index contributed by atoms with van der Waals surface area (Å²) in [5, 5.41) is 3.01. The summed E-state index contributed by atoms with van der Waals surface area (Å²) in [6.07, 6.45) is 6.92. The van der Waals surface area contributed by atoms with Gasteiger partial charge in [-0.3, -0.25) is 4.79 Å². The highest BCUT2D eigenvalue weighted by Crippen LogP contribution is 2.39. The van der Waals surface area contributed by atoms with Gasteiger partial charge in [-0.2, -0.15) is 11.8 Å². The first kappa shape index (κ1) is 15.1. The van der Waals surface area contributed by atoms with Crippen molar-refractivity contribution >= 4 is 40.3 Å². The molecule has 1 amide bonds. The molecular formula is C14H17FINOS. The summed E-state index contributed by atoms with van der Waals surface area (Å²) in [4.78, 5) is 12.1. The van der Waals surface area contributed by atoms with Crippen molar-refractivity contribution in [2.45, 2.75) is 30.4 Å². The largest absolute Gasteiger partial charge is 0.351 e. The maximum Gasteiger partial charge on any atom is 0.252 e. The van der Waals surface area contributed by atoms with Gasteiger partial charge < -0.3 is 5.32 Å². The standard InChI is InChI=1S/C14H17FINOS/c1-19-14(6-2-3-7-14)9-17-13(18)11-5-4-10(15)8-12(11)16/h4-5,8H,2-3,6-7,9H2,1H3,(H,17,18). The summed E-state index contributed by atoms with van der Waals surface area (Å²) < 4.78 is 13.9. The van der Waals surface area contributed by atoms with E-state index in [4.69, 9.17) is 0 Å². The summed E-state index contributed by atoms with van der Waals surface area (Å²) in [6.45, 7) is 0.695. The molecule has 1 aromatic carbocycles. The topological polar surface area (TPSA) is 29.1 Å². The van der Waals surface area contributed by atoms with E-state index >= 15 is 0 Å². The smallest absolute Gasteiger partial charge is 0.252 e. The number of rotatable bonds is 4. The highest BCUT2D eigenvalue weighted by atomic mass is 127. The highest BCUT2D eigenvalue weighted by Gasteiger charge is 2.33. The van der Waals surface area contributed by atoms with Crippen molar-refractivity contribution in [3.8, 4) is 0 Å². The Bertz CT molecular complexity index is 475. The molecule has 2 rings (SSSR count). The monoisotopic (exact) mass is 393 g/mol. The Hall–Kier alpha value is -0.300. The quantitative estimate of drug-likeness (QED) is 0.788. The predicted octanol–water partition coefficient (Wildman–Crippen LogP) is 3.84. The zero-order chi connectivity index (χ0) is 13.9. The maximum atomic E-state index is 13.0. The minimum Gasteiger partial charge on any atom is -0.351 e. The molecule has 0 atom stereocenters. The predicted molar refractivity (Wildman–Crippen MR) is 86.2 cm³/mol. The highest BCUT2D eigenvalue weighted by molar-refractivity contribution is 14.1. The van der Waals surface area contributed by atoms with Crippen LogP contribution in [0.3, 0.4) is 0 Å². The summed E-state index contributed by atoms with van der Waals surface area (Å²) in [5.41, 5.74) is 0.552. The van der Waals surface area contributed by atoms with Gasteiger partial charge in [0.2, 0.25) is 0 Å². The van der Waals surface area contributed by atoms with Gasteiger partial charge in [0.05, 0.1) is 5.56 Å². The first-order valence-corrected chi connectivity index (χ1v) is 8.65. The van der Waals surface area contributed by atoms with Gasteiger partial charge in [-0.05, 0) is 59.9 Å². The van der Waals surface area contributed by atoms with Gasteiger partial charge in [0.25, 0.3) is 5.91 Å². The molecule has 1 saturated carbocycles. The number of thioether (sulfide) groups is 1. The lowest BCUT2D eigenvalue weighted by Crippen LogP contribution is -2.38. The number of carbonyl (C=O) groups excluding carboxylic acids is 1. The zero-order valence-corrected chi connectivity index (χ0v) is 13.8. The van der Waals surface area contributed by atoms with E-state index in [-0.39, 0.29) is 16.5 Å². The normalized spacial score (nSPS) is 17.4. The first-order valence-electron chi connectivity index (χ1n) is 6.35. The molecule has 0 heterocycles. The lowest BCUT2D eigenvalue weighted by atomic mass is 10.1. The van der Waals surface area contributed by atoms with Gasteiger partial charge >= 0.3 is 0 Å². The average molecular weight is 393 g/mol. The molecule has 104 valence electrons. The first-order chi connectivity index (χ1) is 9.06. The van der Waals surface area contributed by atoms with Gasteiger partial charge in [-0.1, -0.05) is 12.8 Å². The molecule has 1 fully saturated rings. The van der Waals surface area contributed by atoms with Crippen molar-refractivity contribution < 1.29 is 9.18 Å². The molecule has 0 bridgehead atoms. The number of hydrogen-bond acceptors (Lipinski definition) is 2. The third-order valence-corrected chi connectivity index (χ3v) is 6.01. The molecular weight excluding hydrogens is 376 g/mol. The maximum absolute atomic E-state index is 13.0. The summed E-state index contributed by atoms with van der Waals surface area (Å²) in [7, 11) is 0. The van der Waals surface area contributed by atoms with Crippen LogP contribution in [-0.2, 0) is 0 Å². The van der Waals surface area contributed by atoms with E-state index in [1.807, 2.05) is 34.4 Å². The van der Waals surface area contributed by atoms with Crippen LogP contribution in [0.2, 0.25) is 0 Å². The van der Waals surface area contributed by atoms with Crippen LogP contribution in [0.25, 0.3) is 0 Å². The van der Waals surface area contributed by atoms with Crippen molar-refractivity contribution in [1.29, 1.82) is 0 Å². The molecule has 0 saturated heterocycles. The average Bonchev–Trinajstić information content (AvgIpc) is 2.85. The minimum atomic E-state index is -0.308. The second kappa shape index (κ2) is 6.43. The van der Waals surface area contributed by atoms with E-state index in [0.717, 1.165) is 12.8 Å². The van der Waals surface area contributed by atoms with Crippen molar-refractivity contribution in [3.05, 3.63) is 33.1 Å². The van der Waals surface area contributed by atoms with Crippen LogP contribution in [0.4, 0.5) is 4.39 Å². The Kier molecular flexibility index (Phi) is 5.11. The molecule has 0 radical (unpaired) electrons. The van der Waals surface area contributed by atoms with Gasteiger partial charge in [0.15, 0.2) is 0 Å². The molecule has 2 nitrogen and oxygen atoms in total. The lowest BCUT2D eigenvalue weighted by molar-refractivity contribution is 0.0948. The Balaban J connectivity index is 2.01. The summed E-state index contributed by atoms with van der Waals surface area (Å²) >= 11 is 3.84. The molecule has 0 spiro atoms. The number of nitrogens with one attached hydrogen (secondary N) is 1. The van der Waals surface area contributed by atoms with Gasteiger partial charge in [-0.25, -0.2) is 4.39 Å². The molecule has 1 N–H and O–H groups in total. The second-order valence-corrected chi connectivity index (χ2v) is 7.34. The number of carbonyl (C=O) groups is 1. The van der Waals surface area contributed by atoms with Crippen LogP contribution < -0.4 is 5.32 Å². The fraction of sp³-hybridized carbons (Fsp3) is 0.500. The van der Waals surface area contributed by atoms with Gasteiger partial charge in [0, 0.05) is 14.9 Å². The SMILES string of the molecule is CSC1(CNC(=O)c2ccc(F)cc2I)CCCC1. The van der Waals surface area contributed by atoms with E-state index in [0.29, 0.717) is 15.7 Å². The van der Waals surface area contributed by atoms with E-state index in [1.165, 1.54) is 25.0 Å². The van der Waals surface area contributed by atoms with Crippen molar-refractivity contribution in [2.75, 3.05) is 12.8 Å². The Labute approximate surface area is 131 Å². The van der Waals surface area contributed by atoms with E-state index in [2.05, 4.69) is 11.6 Å². The molecule has 0 aliphatic heterocycles. The Morgan fingerprint density at radius 2 is 2.16 bits per heavy atom. The Morgan fingerprint density at radius 1 is 1.47 bits per heavy atom. The fourth-order valence-electron chi connectivity index (χ4n) is 2.48. The van der Waals surface area contributed by atoms with Gasteiger partial charge in [0.1, 0.15) is 5.82 Å². The molecule has 19 heavy (non-hydrogen) atoms. The minimum absolute atomic E-state index is 0.107. The summed E-state index contributed by atoms with van der Waals surface area (Å²) in [6, 6.07) is 4.26. The van der Waals surface area contributed by atoms with Crippen LogP contribution in [0, 0.1) is 9.39 Å². The van der Waals surface area contributed by atoms with Crippen LogP contribution in [0.5, 0.6) is 0 Å². The zero-order valence-electron chi connectivity index (χ0n) is 10.8. The molecule has 5 heteroatoms. The third-order valence-electron chi connectivity index (χ3n) is 3.69. The number of halogens is 2. The van der Waals surface area contributed by atoms with Crippen molar-refractivity contribution in [1.82, 2.24) is 5.32 Å². The molecule has 1 aliphatic carbocycles. The van der Waals surface area contributed by atoms with Crippen LogP contribution in [0.1, 0.15) is 36.0 Å². The van der Waals surface area contributed by atoms with Crippen LogP contribution in [-0.4, -0.2) is 23.5 Å². The number of benzene rings is 1. The van der Waals surface area contributed by atoms with E-state index in [9.17, 15) is 9.18 Å². The third kappa shape index (κ3) is 3.62. The second-order valence-electron chi connectivity index (χ2n) is 4.90. The van der Waals surface area contributed by atoms with Crippen molar-refractivity contribution in [3.63, 3.8) is 0 Å².